The van der Waals surface area contributed by atoms with Crippen LogP contribution in [0.1, 0.15) is 44.7 Å². The molecule has 1 aromatic carbocycles. The number of likely N-dealkylation sites (tertiary alicyclic amines) is 1. The van der Waals surface area contributed by atoms with Crippen LogP contribution in [-0.2, 0) is 22.6 Å². The topological polar surface area (TPSA) is 57.2 Å². The van der Waals surface area contributed by atoms with Crippen molar-refractivity contribution in [1.82, 2.24) is 15.1 Å². The molecule has 0 spiro atoms. The zero-order valence-corrected chi connectivity index (χ0v) is 20.8. The predicted molar refractivity (Wildman–Crippen MR) is 130 cm³/mol. The van der Waals surface area contributed by atoms with Crippen LogP contribution in [-0.4, -0.2) is 61.6 Å². The number of esters is 1. The normalized spacial score (nSPS) is 17.3. The molecule has 1 unspecified atom stereocenters. The Hall–Kier alpha value is -1.35. The van der Waals surface area contributed by atoms with Crippen molar-refractivity contribution >= 4 is 35.9 Å². The lowest BCUT2D eigenvalue weighted by Crippen LogP contribution is -2.48. The fraction of sp³-hybridized carbons (Fsp3) is 0.636. The molecule has 1 atom stereocenters. The Bertz CT molecular complexity index is 666. The highest BCUT2D eigenvalue weighted by molar-refractivity contribution is 14.0. The van der Waals surface area contributed by atoms with Gasteiger partial charge in [0, 0.05) is 39.3 Å². The molecule has 1 aliphatic rings. The second-order valence-electron chi connectivity index (χ2n) is 7.72. The number of aliphatic imine (C=N–C) groups is 1. The zero-order chi connectivity index (χ0) is 20.5. The summed E-state index contributed by atoms with van der Waals surface area (Å²) in [5.41, 5.74) is 2.60. The van der Waals surface area contributed by atoms with Crippen LogP contribution < -0.4 is 5.32 Å². The van der Waals surface area contributed by atoms with Crippen LogP contribution in [0, 0.1) is 5.92 Å². The number of rotatable bonds is 7. The Morgan fingerprint density at radius 3 is 2.66 bits per heavy atom. The molecule has 7 heteroatoms. The Labute approximate surface area is 193 Å². The SMILES string of the molecule is CCOC(=O)C1CCCN(C(=NC)NCc2ccccc2CN(C)C(C)C)C1.I. The van der Waals surface area contributed by atoms with Crippen molar-refractivity contribution in [1.29, 1.82) is 0 Å². The van der Waals surface area contributed by atoms with Crippen molar-refractivity contribution in [2.75, 3.05) is 33.8 Å². The number of guanidine groups is 1. The minimum absolute atomic E-state index is 0. The van der Waals surface area contributed by atoms with Crippen LogP contribution in [0.4, 0.5) is 0 Å². The number of carbonyl (C=O) groups is 1. The third-order valence-corrected chi connectivity index (χ3v) is 5.41. The highest BCUT2D eigenvalue weighted by Gasteiger charge is 2.28. The van der Waals surface area contributed by atoms with Crippen LogP contribution in [0.2, 0.25) is 0 Å². The Balaban J connectivity index is 0.00000420. The zero-order valence-electron chi connectivity index (χ0n) is 18.5. The summed E-state index contributed by atoms with van der Waals surface area (Å²) in [6.07, 6.45) is 1.86. The number of ether oxygens (including phenoxy) is 1. The Morgan fingerprint density at radius 2 is 2.03 bits per heavy atom. The first-order valence-electron chi connectivity index (χ1n) is 10.4. The summed E-state index contributed by atoms with van der Waals surface area (Å²) in [6, 6.07) is 9.03. The molecule has 6 nitrogen and oxygen atoms in total. The molecule has 164 valence electrons. The maximum absolute atomic E-state index is 12.1. The standard InChI is InChI=1S/C22H36N4O2.HI/c1-6-28-21(27)20-12-9-13-26(16-20)22(23-4)24-14-18-10-7-8-11-19(18)15-25(5)17(2)3;/h7-8,10-11,17,20H,6,9,12-16H2,1-5H3,(H,23,24);1H. The third kappa shape index (κ3) is 7.77. The first kappa shape index (κ1) is 25.7. The molecule has 0 aromatic heterocycles. The Kier molecular flexibility index (Phi) is 11.6. The summed E-state index contributed by atoms with van der Waals surface area (Å²) in [5, 5.41) is 3.50. The van der Waals surface area contributed by atoms with Crippen molar-refractivity contribution in [3.05, 3.63) is 35.4 Å². The Morgan fingerprint density at radius 1 is 1.34 bits per heavy atom. The van der Waals surface area contributed by atoms with Gasteiger partial charge in [-0.3, -0.25) is 14.7 Å². The van der Waals surface area contributed by atoms with Gasteiger partial charge in [0.15, 0.2) is 5.96 Å². The van der Waals surface area contributed by atoms with Crippen molar-refractivity contribution in [3.8, 4) is 0 Å². The van der Waals surface area contributed by atoms with Gasteiger partial charge in [-0.25, -0.2) is 0 Å². The van der Waals surface area contributed by atoms with Crippen LogP contribution in [0.5, 0.6) is 0 Å². The third-order valence-electron chi connectivity index (χ3n) is 5.41. The molecule has 0 radical (unpaired) electrons. The van der Waals surface area contributed by atoms with E-state index in [0.29, 0.717) is 19.2 Å². The lowest BCUT2D eigenvalue weighted by molar-refractivity contribution is -0.149. The molecule has 1 heterocycles. The van der Waals surface area contributed by atoms with Gasteiger partial charge in [-0.15, -0.1) is 24.0 Å². The molecule has 1 saturated heterocycles. The summed E-state index contributed by atoms with van der Waals surface area (Å²) < 4.78 is 5.21. The van der Waals surface area contributed by atoms with E-state index in [1.165, 1.54) is 11.1 Å². The molecule has 1 N–H and O–H groups in total. The van der Waals surface area contributed by atoms with Crippen LogP contribution in [0.25, 0.3) is 0 Å². The molecular formula is C22H37IN4O2. The molecule has 0 amide bonds. The smallest absolute Gasteiger partial charge is 0.310 e. The van der Waals surface area contributed by atoms with E-state index in [2.05, 4.69) is 65.3 Å². The van der Waals surface area contributed by atoms with E-state index in [1.54, 1.807) is 7.05 Å². The van der Waals surface area contributed by atoms with Crippen molar-refractivity contribution < 1.29 is 9.53 Å². The number of nitrogens with one attached hydrogen (secondary N) is 1. The van der Waals surface area contributed by atoms with Gasteiger partial charge in [0.05, 0.1) is 12.5 Å². The van der Waals surface area contributed by atoms with Crippen LogP contribution >= 0.6 is 24.0 Å². The van der Waals surface area contributed by atoms with Crippen molar-refractivity contribution in [3.63, 3.8) is 0 Å². The first-order chi connectivity index (χ1) is 13.5. The maximum Gasteiger partial charge on any atom is 0.310 e. The van der Waals surface area contributed by atoms with E-state index >= 15 is 0 Å². The number of hydrogen-bond donors (Lipinski definition) is 1. The number of carbonyl (C=O) groups excluding carboxylic acids is 1. The van der Waals surface area contributed by atoms with Gasteiger partial charge in [-0.2, -0.15) is 0 Å². The molecular weight excluding hydrogens is 479 g/mol. The van der Waals surface area contributed by atoms with Gasteiger partial charge >= 0.3 is 5.97 Å². The van der Waals surface area contributed by atoms with E-state index in [4.69, 9.17) is 4.74 Å². The number of piperidine rings is 1. The largest absolute Gasteiger partial charge is 0.466 e. The number of nitrogens with zero attached hydrogens (tertiary/aromatic N) is 3. The minimum Gasteiger partial charge on any atom is -0.466 e. The summed E-state index contributed by atoms with van der Waals surface area (Å²) in [5.74, 6) is 0.685. The van der Waals surface area contributed by atoms with Crippen molar-refractivity contribution in [2.24, 2.45) is 10.9 Å². The van der Waals surface area contributed by atoms with Gasteiger partial charge < -0.3 is 15.0 Å². The molecule has 2 rings (SSSR count). The molecule has 0 aliphatic carbocycles. The van der Waals surface area contributed by atoms with E-state index in [1.807, 2.05) is 6.92 Å². The highest BCUT2D eigenvalue weighted by atomic mass is 127. The molecule has 0 saturated carbocycles. The predicted octanol–water partition coefficient (Wildman–Crippen LogP) is 3.50. The van der Waals surface area contributed by atoms with Crippen molar-refractivity contribution in [2.45, 2.75) is 52.7 Å². The fourth-order valence-corrected chi connectivity index (χ4v) is 3.46. The average Bonchev–Trinajstić information content (AvgIpc) is 2.70. The maximum atomic E-state index is 12.1. The average molecular weight is 516 g/mol. The van der Waals surface area contributed by atoms with Crippen LogP contribution in [0.15, 0.2) is 29.3 Å². The van der Waals surface area contributed by atoms with E-state index in [-0.39, 0.29) is 35.9 Å². The second-order valence-corrected chi connectivity index (χ2v) is 7.72. The molecule has 0 bridgehead atoms. The van der Waals surface area contributed by atoms with E-state index < -0.39 is 0 Å². The number of benzene rings is 1. The van der Waals surface area contributed by atoms with Crippen LogP contribution in [0.3, 0.4) is 0 Å². The second kappa shape index (κ2) is 13.1. The summed E-state index contributed by atoms with van der Waals surface area (Å²) in [4.78, 5) is 21.1. The summed E-state index contributed by atoms with van der Waals surface area (Å²) in [6.45, 7) is 9.91. The van der Waals surface area contributed by atoms with E-state index in [0.717, 1.165) is 38.4 Å². The monoisotopic (exact) mass is 516 g/mol. The summed E-state index contributed by atoms with van der Waals surface area (Å²) >= 11 is 0. The molecule has 1 aromatic rings. The lowest BCUT2D eigenvalue weighted by atomic mass is 9.98. The van der Waals surface area contributed by atoms with Gasteiger partial charge in [-0.1, -0.05) is 24.3 Å². The quantitative estimate of drug-likeness (QED) is 0.260. The summed E-state index contributed by atoms with van der Waals surface area (Å²) in [7, 11) is 3.95. The lowest BCUT2D eigenvalue weighted by Gasteiger charge is -2.34. The fourth-order valence-electron chi connectivity index (χ4n) is 3.46. The van der Waals surface area contributed by atoms with Gasteiger partial charge in [0.25, 0.3) is 0 Å². The van der Waals surface area contributed by atoms with Gasteiger partial charge in [0.1, 0.15) is 0 Å². The van der Waals surface area contributed by atoms with Gasteiger partial charge in [-0.05, 0) is 51.8 Å². The number of hydrogen-bond acceptors (Lipinski definition) is 4. The minimum atomic E-state index is -0.0929. The highest BCUT2D eigenvalue weighted by Crippen LogP contribution is 2.18. The van der Waals surface area contributed by atoms with Gasteiger partial charge in [0.2, 0.25) is 0 Å². The first-order valence-corrected chi connectivity index (χ1v) is 10.4. The molecule has 1 fully saturated rings. The molecule has 29 heavy (non-hydrogen) atoms. The molecule has 1 aliphatic heterocycles. The number of halogens is 1. The van der Waals surface area contributed by atoms with E-state index in [9.17, 15) is 4.79 Å².